The fourth-order valence-electron chi connectivity index (χ4n) is 2.82. The first-order chi connectivity index (χ1) is 13.5. The lowest BCUT2D eigenvalue weighted by Crippen LogP contribution is -2.56. The first-order valence-electron chi connectivity index (χ1n) is 9.23. The van der Waals surface area contributed by atoms with Gasteiger partial charge in [0, 0.05) is 23.5 Å². The maximum atomic E-state index is 12.6. The molecule has 2 rings (SSSR count). The zero-order valence-electron chi connectivity index (χ0n) is 16.9. The maximum Gasteiger partial charge on any atom is 0.408 e. The molecule has 5 N–H and O–H groups in total. The largest absolute Gasteiger partial charge is 0.480 e. The van der Waals surface area contributed by atoms with Crippen molar-refractivity contribution in [1.82, 2.24) is 15.6 Å². The number of amides is 2. The van der Waals surface area contributed by atoms with Gasteiger partial charge >= 0.3 is 12.1 Å². The third kappa shape index (κ3) is 6.21. The van der Waals surface area contributed by atoms with Crippen molar-refractivity contribution in [1.29, 1.82) is 0 Å². The van der Waals surface area contributed by atoms with Gasteiger partial charge in [-0.05, 0) is 39.3 Å². The molecule has 0 spiro atoms. The number of carbonyl (C=O) groups excluding carboxylic acids is 2. The highest BCUT2D eigenvalue weighted by molar-refractivity contribution is 5.90. The van der Waals surface area contributed by atoms with E-state index in [2.05, 4.69) is 15.6 Å². The summed E-state index contributed by atoms with van der Waals surface area (Å²) in [4.78, 5) is 39.3. The number of aromatic nitrogens is 1. The molecule has 158 valence electrons. The second kappa shape index (κ2) is 8.95. The Hall–Kier alpha value is -3.07. The number of aliphatic hydroxyl groups is 1. The first kappa shape index (κ1) is 22.2. The van der Waals surface area contributed by atoms with E-state index in [-0.39, 0.29) is 6.42 Å². The van der Waals surface area contributed by atoms with Crippen LogP contribution in [0.4, 0.5) is 4.79 Å². The van der Waals surface area contributed by atoms with Gasteiger partial charge in [0.1, 0.15) is 17.7 Å². The fraction of sp³-hybridized carbons (Fsp3) is 0.450. The van der Waals surface area contributed by atoms with E-state index in [4.69, 9.17) is 4.74 Å². The molecule has 0 radical (unpaired) electrons. The van der Waals surface area contributed by atoms with E-state index in [9.17, 15) is 24.6 Å². The van der Waals surface area contributed by atoms with Gasteiger partial charge in [0.25, 0.3) is 0 Å². The molecule has 0 saturated carbocycles. The summed E-state index contributed by atoms with van der Waals surface area (Å²) in [6.45, 7) is 6.29. The number of carboxylic acids is 1. The predicted octanol–water partition coefficient (Wildman–Crippen LogP) is 1.55. The first-order valence-corrected chi connectivity index (χ1v) is 9.23. The van der Waals surface area contributed by atoms with Gasteiger partial charge in [-0.15, -0.1) is 0 Å². The predicted molar refractivity (Wildman–Crippen MR) is 106 cm³/mol. The van der Waals surface area contributed by atoms with Crippen molar-refractivity contribution in [2.75, 3.05) is 0 Å². The van der Waals surface area contributed by atoms with E-state index in [1.807, 2.05) is 24.3 Å². The number of nitrogens with one attached hydrogen (secondary N) is 3. The molecule has 1 heterocycles. The SMILES string of the molecule is CC(O)C(NC(=O)OC(C)(C)C)C(=O)NC(Cc1c[nH]c2ccccc12)C(=O)O. The molecule has 0 aliphatic rings. The summed E-state index contributed by atoms with van der Waals surface area (Å²) in [7, 11) is 0. The van der Waals surface area contributed by atoms with Gasteiger partial charge in [-0.3, -0.25) is 4.79 Å². The molecule has 0 fully saturated rings. The Morgan fingerprint density at radius 2 is 1.83 bits per heavy atom. The number of rotatable bonds is 7. The van der Waals surface area contributed by atoms with Gasteiger partial charge in [0.15, 0.2) is 0 Å². The molecule has 0 saturated heterocycles. The number of aliphatic carboxylic acids is 1. The van der Waals surface area contributed by atoms with Crippen LogP contribution in [-0.2, 0) is 20.7 Å². The molecule has 0 bridgehead atoms. The molecule has 1 aromatic carbocycles. The van der Waals surface area contributed by atoms with Crippen molar-refractivity contribution in [2.24, 2.45) is 0 Å². The third-order valence-electron chi connectivity index (χ3n) is 4.15. The third-order valence-corrected chi connectivity index (χ3v) is 4.15. The van der Waals surface area contributed by atoms with Crippen LogP contribution in [0.1, 0.15) is 33.3 Å². The lowest BCUT2D eigenvalue weighted by Gasteiger charge is -2.25. The molecule has 3 unspecified atom stereocenters. The minimum absolute atomic E-state index is 0.0318. The van der Waals surface area contributed by atoms with Crippen LogP contribution in [0, 0.1) is 0 Å². The van der Waals surface area contributed by atoms with Crippen molar-refractivity contribution in [3.63, 3.8) is 0 Å². The van der Waals surface area contributed by atoms with Crippen LogP contribution < -0.4 is 10.6 Å². The summed E-state index contributed by atoms with van der Waals surface area (Å²) in [5.74, 6) is -2.05. The van der Waals surface area contributed by atoms with Crippen LogP contribution in [0.15, 0.2) is 30.5 Å². The number of carbonyl (C=O) groups is 3. The number of benzene rings is 1. The van der Waals surface area contributed by atoms with E-state index in [1.165, 1.54) is 6.92 Å². The second-order valence-electron chi connectivity index (χ2n) is 7.83. The number of aliphatic hydroxyl groups excluding tert-OH is 1. The fourth-order valence-corrected chi connectivity index (χ4v) is 2.82. The summed E-state index contributed by atoms with van der Waals surface area (Å²) in [5, 5.41) is 25.0. The zero-order valence-corrected chi connectivity index (χ0v) is 16.9. The molecule has 9 nitrogen and oxygen atoms in total. The summed E-state index contributed by atoms with van der Waals surface area (Å²) in [6, 6.07) is 4.79. The molecular weight excluding hydrogens is 378 g/mol. The van der Waals surface area contributed by atoms with Crippen molar-refractivity contribution < 1.29 is 29.3 Å². The van der Waals surface area contributed by atoms with Gasteiger partial charge in [0.05, 0.1) is 6.10 Å². The quantitative estimate of drug-likeness (QED) is 0.473. The Morgan fingerprint density at radius 1 is 1.17 bits per heavy atom. The van der Waals surface area contributed by atoms with Crippen molar-refractivity contribution in [3.8, 4) is 0 Å². The molecule has 2 amide bonds. The number of alkyl carbamates (subject to hydrolysis) is 1. The maximum absolute atomic E-state index is 12.6. The van der Waals surface area contributed by atoms with E-state index in [1.54, 1.807) is 27.0 Å². The van der Waals surface area contributed by atoms with Gasteiger partial charge in [-0.1, -0.05) is 18.2 Å². The van der Waals surface area contributed by atoms with Crippen LogP contribution in [0.2, 0.25) is 0 Å². The normalized spacial score (nSPS) is 14.7. The molecular formula is C20H27N3O6. The number of fused-ring (bicyclic) bond motifs is 1. The minimum Gasteiger partial charge on any atom is -0.480 e. The van der Waals surface area contributed by atoms with Crippen LogP contribution in [0.5, 0.6) is 0 Å². The van der Waals surface area contributed by atoms with E-state index in [0.29, 0.717) is 0 Å². The highest BCUT2D eigenvalue weighted by atomic mass is 16.6. The molecule has 3 atom stereocenters. The van der Waals surface area contributed by atoms with E-state index < -0.39 is 41.8 Å². The Balaban J connectivity index is 2.12. The number of ether oxygens (including phenoxy) is 1. The molecule has 2 aromatic rings. The monoisotopic (exact) mass is 405 g/mol. The van der Waals surface area contributed by atoms with Crippen molar-refractivity contribution in [2.45, 2.75) is 57.9 Å². The van der Waals surface area contributed by atoms with Crippen molar-refractivity contribution >= 4 is 28.9 Å². The average Bonchev–Trinajstić information content (AvgIpc) is 3.00. The molecule has 0 aliphatic carbocycles. The van der Waals surface area contributed by atoms with Gasteiger partial charge in [-0.2, -0.15) is 0 Å². The van der Waals surface area contributed by atoms with Crippen molar-refractivity contribution in [3.05, 3.63) is 36.0 Å². The number of hydrogen-bond acceptors (Lipinski definition) is 5. The number of H-pyrrole nitrogens is 1. The molecule has 1 aromatic heterocycles. The smallest absolute Gasteiger partial charge is 0.408 e. The standard InChI is InChI=1S/C20H27N3O6/c1-11(24)16(23-19(28)29-20(2,3)4)17(25)22-15(18(26)27)9-12-10-21-14-8-6-5-7-13(12)14/h5-8,10-11,15-16,21,24H,9H2,1-4H3,(H,22,25)(H,23,28)(H,26,27). The average molecular weight is 405 g/mol. The van der Waals surface area contributed by atoms with Crippen LogP contribution in [0.3, 0.4) is 0 Å². The summed E-state index contributed by atoms with van der Waals surface area (Å²) in [5.41, 5.74) is 0.788. The number of hydrogen-bond donors (Lipinski definition) is 5. The van der Waals surface area contributed by atoms with Gasteiger partial charge in [-0.25, -0.2) is 9.59 Å². The summed E-state index contributed by atoms with van der Waals surface area (Å²) < 4.78 is 5.09. The number of carboxylic acid groups (broad SMARTS) is 1. The Kier molecular flexibility index (Phi) is 6.86. The van der Waals surface area contributed by atoms with Crippen LogP contribution in [0.25, 0.3) is 10.9 Å². The summed E-state index contributed by atoms with van der Waals surface area (Å²) >= 11 is 0. The van der Waals surface area contributed by atoms with Gasteiger partial charge < -0.3 is 30.6 Å². The molecule has 9 heteroatoms. The highest BCUT2D eigenvalue weighted by Crippen LogP contribution is 2.19. The second-order valence-corrected chi connectivity index (χ2v) is 7.83. The zero-order chi connectivity index (χ0) is 21.8. The molecule has 0 aliphatic heterocycles. The lowest BCUT2D eigenvalue weighted by molar-refractivity contribution is -0.142. The lowest BCUT2D eigenvalue weighted by atomic mass is 10.0. The highest BCUT2D eigenvalue weighted by Gasteiger charge is 2.31. The Labute approximate surface area is 168 Å². The van der Waals surface area contributed by atoms with Crippen LogP contribution >= 0.6 is 0 Å². The topological polar surface area (TPSA) is 141 Å². The number of para-hydroxylation sites is 1. The summed E-state index contributed by atoms with van der Waals surface area (Å²) in [6.07, 6.45) is -0.422. The molecule has 29 heavy (non-hydrogen) atoms. The van der Waals surface area contributed by atoms with Crippen LogP contribution in [-0.4, -0.2) is 57.0 Å². The van der Waals surface area contributed by atoms with E-state index in [0.717, 1.165) is 16.5 Å². The van der Waals surface area contributed by atoms with E-state index >= 15 is 0 Å². The van der Waals surface area contributed by atoms with Gasteiger partial charge in [0.2, 0.25) is 5.91 Å². The Morgan fingerprint density at radius 3 is 2.41 bits per heavy atom. The number of aromatic amines is 1. The minimum atomic E-state index is -1.37. The Bertz CT molecular complexity index is 884.